The minimum atomic E-state index is -0.0949. The van der Waals surface area contributed by atoms with Gasteiger partial charge in [-0.2, -0.15) is 0 Å². The zero-order valence-corrected chi connectivity index (χ0v) is 7.75. The molecule has 1 aromatic rings. The minimum absolute atomic E-state index is 0.0949. The third-order valence-electron chi connectivity index (χ3n) is 1.85. The van der Waals surface area contributed by atoms with Gasteiger partial charge in [0.05, 0.1) is 17.7 Å². The Morgan fingerprint density at radius 3 is 3.15 bits per heavy atom. The first kappa shape index (κ1) is 8.61. The molecule has 0 saturated heterocycles. The van der Waals surface area contributed by atoms with Gasteiger partial charge in [-0.1, -0.05) is 4.49 Å². The highest BCUT2D eigenvalue weighted by atomic mass is 32.1. The Bertz CT molecular complexity index is 297. The first-order chi connectivity index (χ1) is 6.42. The molecule has 0 fully saturated rings. The number of rotatable bonds is 3. The maximum Gasteiger partial charge on any atom is 0.116 e. The molecule has 0 saturated carbocycles. The standard InChI is InChI=1S/C7H10N4OS/c8-10-7(5-2-1-3-12-5)6-4-9-11-13-6/h2,4,7,10H,1,3,8H2. The van der Waals surface area contributed by atoms with Crippen LogP contribution in [0, 0.1) is 0 Å². The fraction of sp³-hybridized carbons (Fsp3) is 0.429. The van der Waals surface area contributed by atoms with Crippen molar-refractivity contribution in [1.82, 2.24) is 15.0 Å². The predicted octanol–water partition coefficient (Wildman–Crippen LogP) is 0.347. The van der Waals surface area contributed by atoms with E-state index in [0.717, 1.165) is 23.7 Å². The molecule has 0 bridgehead atoms. The van der Waals surface area contributed by atoms with E-state index in [1.54, 1.807) is 6.20 Å². The topological polar surface area (TPSA) is 73.1 Å². The maximum absolute atomic E-state index is 5.42. The molecule has 2 rings (SSSR count). The molecule has 0 spiro atoms. The SMILES string of the molecule is NNC(C1=CCCO1)c1cnns1. The first-order valence-electron chi connectivity index (χ1n) is 3.98. The molecular weight excluding hydrogens is 188 g/mol. The van der Waals surface area contributed by atoms with E-state index in [-0.39, 0.29) is 6.04 Å². The molecule has 1 aliphatic rings. The maximum atomic E-state index is 5.42. The summed E-state index contributed by atoms with van der Waals surface area (Å²) in [7, 11) is 0. The van der Waals surface area contributed by atoms with Gasteiger partial charge in [-0.3, -0.25) is 5.84 Å². The summed E-state index contributed by atoms with van der Waals surface area (Å²) >= 11 is 1.32. The molecule has 0 amide bonds. The molecular formula is C7H10N4OS. The summed E-state index contributed by atoms with van der Waals surface area (Å²) in [5, 5.41) is 3.75. The second kappa shape index (κ2) is 3.82. The number of hydrogen-bond donors (Lipinski definition) is 2. The van der Waals surface area contributed by atoms with Gasteiger partial charge in [-0.15, -0.1) is 5.10 Å². The summed E-state index contributed by atoms with van der Waals surface area (Å²) in [4.78, 5) is 0.968. The van der Waals surface area contributed by atoms with E-state index in [4.69, 9.17) is 10.6 Å². The quantitative estimate of drug-likeness (QED) is 0.541. The van der Waals surface area contributed by atoms with Crippen molar-refractivity contribution in [2.45, 2.75) is 12.5 Å². The van der Waals surface area contributed by atoms with Crippen LogP contribution < -0.4 is 11.3 Å². The van der Waals surface area contributed by atoms with E-state index in [9.17, 15) is 0 Å². The fourth-order valence-electron chi connectivity index (χ4n) is 1.24. The van der Waals surface area contributed by atoms with Crippen LogP contribution in [0.4, 0.5) is 0 Å². The van der Waals surface area contributed by atoms with Crippen molar-refractivity contribution in [3.8, 4) is 0 Å². The number of nitrogens with two attached hydrogens (primary N) is 1. The van der Waals surface area contributed by atoms with Gasteiger partial charge in [0.15, 0.2) is 0 Å². The number of ether oxygens (including phenoxy) is 1. The predicted molar refractivity (Wildman–Crippen MR) is 48.6 cm³/mol. The molecule has 2 heterocycles. The van der Waals surface area contributed by atoms with Crippen molar-refractivity contribution in [1.29, 1.82) is 0 Å². The van der Waals surface area contributed by atoms with E-state index >= 15 is 0 Å². The minimum Gasteiger partial charge on any atom is -0.496 e. The third kappa shape index (κ3) is 1.69. The van der Waals surface area contributed by atoms with Crippen molar-refractivity contribution in [2.75, 3.05) is 6.61 Å². The number of nitrogens with zero attached hydrogens (tertiary/aromatic N) is 2. The smallest absolute Gasteiger partial charge is 0.116 e. The van der Waals surface area contributed by atoms with Crippen LogP contribution in [-0.4, -0.2) is 16.2 Å². The van der Waals surface area contributed by atoms with Crippen molar-refractivity contribution in [3.63, 3.8) is 0 Å². The van der Waals surface area contributed by atoms with Crippen LogP contribution in [0.25, 0.3) is 0 Å². The molecule has 1 aliphatic heterocycles. The number of hydrogen-bond acceptors (Lipinski definition) is 6. The summed E-state index contributed by atoms with van der Waals surface area (Å²) in [6.45, 7) is 0.736. The normalized spacial score (nSPS) is 18.1. The van der Waals surface area contributed by atoms with Gasteiger partial charge in [0.2, 0.25) is 0 Å². The molecule has 1 atom stereocenters. The Morgan fingerprint density at radius 1 is 1.69 bits per heavy atom. The monoisotopic (exact) mass is 198 g/mol. The molecule has 70 valence electrons. The van der Waals surface area contributed by atoms with Crippen LogP contribution >= 0.6 is 11.5 Å². The van der Waals surface area contributed by atoms with Gasteiger partial charge in [0.1, 0.15) is 11.8 Å². The van der Waals surface area contributed by atoms with Crippen molar-refractivity contribution in [3.05, 3.63) is 22.9 Å². The van der Waals surface area contributed by atoms with Crippen LogP contribution in [0.3, 0.4) is 0 Å². The molecule has 1 unspecified atom stereocenters. The second-order valence-corrected chi connectivity index (χ2v) is 3.48. The highest BCUT2D eigenvalue weighted by molar-refractivity contribution is 7.05. The lowest BCUT2D eigenvalue weighted by atomic mass is 10.2. The molecule has 13 heavy (non-hydrogen) atoms. The molecule has 0 aliphatic carbocycles. The molecule has 6 heteroatoms. The Balaban J connectivity index is 2.18. The lowest BCUT2D eigenvalue weighted by Crippen LogP contribution is -2.29. The molecule has 0 radical (unpaired) electrons. The Hall–Kier alpha value is -0.980. The van der Waals surface area contributed by atoms with Crippen LogP contribution in [0.1, 0.15) is 17.3 Å². The van der Waals surface area contributed by atoms with Crippen molar-refractivity contribution in [2.24, 2.45) is 5.84 Å². The van der Waals surface area contributed by atoms with Crippen LogP contribution in [0.15, 0.2) is 18.0 Å². The summed E-state index contributed by atoms with van der Waals surface area (Å²) in [6, 6.07) is -0.0949. The largest absolute Gasteiger partial charge is 0.496 e. The summed E-state index contributed by atoms with van der Waals surface area (Å²) in [5.74, 6) is 6.29. The summed E-state index contributed by atoms with van der Waals surface area (Å²) in [5.41, 5.74) is 2.68. The average molecular weight is 198 g/mol. The van der Waals surface area contributed by atoms with E-state index in [1.165, 1.54) is 11.5 Å². The third-order valence-corrected chi connectivity index (χ3v) is 2.57. The Morgan fingerprint density at radius 2 is 2.62 bits per heavy atom. The zero-order chi connectivity index (χ0) is 9.10. The van der Waals surface area contributed by atoms with Crippen LogP contribution in [0.2, 0.25) is 0 Å². The van der Waals surface area contributed by atoms with Gasteiger partial charge in [0, 0.05) is 6.42 Å². The van der Waals surface area contributed by atoms with Crippen LogP contribution in [0.5, 0.6) is 0 Å². The van der Waals surface area contributed by atoms with E-state index < -0.39 is 0 Å². The lowest BCUT2D eigenvalue weighted by molar-refractivity contribution is 0.216. The Labute approximate surface area is 79.7 Å². The number of hydrazine groups is 1. The highest BCUT2D eigenvalue weighted by Crippen LogP contribution is 2.26. The van der Waals surface area contributed by atoms with Crippen LogP contribution in [-0.2, 0) is 4.74 Å². The number of aromatic nitrogens is 2. The lowest BCUT2D eigenvalue weighted by Gasteiger charge is -2.13. The van der Waals surface area contributed by atoms with Gasteiger partial charge in [0.25, 0.3) is 0 Å². The summed E-state index contributed by atoms with van der Waals surface area (Å²) < 4.78 is 9.18. The molecule has 3 N–H and O–H groups in total. The first-order valence-corrected chi connectivity index (χ1v) is 4.75. The molecule has 0 aromatic carbocycles. The van der Waals surface area contributed by atoms with E-state index in [0.29, 0.717) is 0 Å². The van der Waals surface area contributed by atoms with Gasteiger partial charge < -0.3 is 4.74 Å². The average Bonchev–Trinajstić information content (AvgIpc) is 2.76. The fourth-order valence-corrected chi connectivity index (χ4v) is 1.82. The van der Waals surface area contributed by atoms with Crippen molar-refractivity contribution < 1.29 is 4.74 Å². The van der Waals surface area contributed by atoms with E-state index in [1.807, 2.05) is 6.08 Å². The van der Waals surface area contributed by atoms with Gasteiger partial charge in [-0.05, 0) is 17.6 Å². The van der Waals surface area contributed by atoms with Gasteiger partial charge in [-0.25, -0.2) is 5.43 Å². The molecule has 1 aromatic heterocycles. The van der Waals surface area contributed by atoms with E-state index in [2.05, 4.69) is 15.0 Å². The second-order valence-electron chi connectivity index (χ2n) is 2.66. The van der Waals surface area contributed by atoms with Crippen molar-refractivity contribution >= 4 is 11.5 Å². The number of nitrogens with one attached hydrogen (secondary N) is 1. The molecule has 5 nitrogen and oxygen atoms in total. The van der Waals surface area contributed by atoms with Gasteiger partial charge >= 0.3 is 0 Å². The Kier molecular flexibility index (Phi) is 2.53. The summed E-state index contributed by atoms with van der Waals surface area (Å²) in [6.07, 6.45) is 4.67. The highest BCUT2D eigenvalue weighted by Gasteiger charge is 2.21. The zero-order valence-electron chi connectivity index (χ0n) is 6.93.